The van der Waals surface area contributed by atoms with Crippen LogP contribution in [0.25, 0.3) is 0 Å². The number of ether oxygens (including phenoxy) is 1. The molecule has 0 radical (unpaired) electrons. The van der Waals surface area contributed by atoms with E-state index in [0.29, 0.717) is 25.2 Å². The van der Waals surface area contributed by atoms with Gasteiger partial charge in [0.05, 0.1) is 5.56 Å². The lowest BCUT2D eigenvalue weighted by Crippen LogP contribution is -2.51. The Balaban J connectivity index is 0.00000225. The highest BCUT2D eigenvalue weighted by Gasteiger charge is 2.52. The quantitative estimate of drug-likeness (QED) is 0.769. The lowest BCUT2D eigenvalue weighted by atomic mass is 9.79. The van der Waals surface area contributed by atoms with Crippen LogP contribution >= 0.6 is 12.4 Å². The molecular weight excluding hydrogens is 376 g/mol. The van der Waals surface area contributed by atoms with Gasteiger partial charge in [-0.25, -0.2) is 4.79 Å². The van der Waals surface area contributed by atoms with Crippen molar-refractivity contribution in [3.63, 3.8) is 0 Å². The summed E-state index contributed by atoms with van der Waals surface area (Å²) in [7, 11) is 0. The Kier molecular flexibility index (Phi) is 5.56. The number of aliphatic hydroxyl groups is 1. The first-order valence-electron chi connectivity index (χ1n) is 9.42. The highest BCUT2D eigenvalue weighted by Crippen LogP contribution is 2.45. The van der Waals surface area contributed by atoms with Crippen LogP contribution in [0.2, 0.25) is 0 Å². The van der Waals surface area contributed by atoms with Gasteiger partial charge in [-0.1, -0.05) is 42.5 Å². The summed E-state index contributed by atoms with van der Waals surface area (Å²) in [5.41, 5.74) is 8.15. The monoisotopic (exact) mass is 402 g/mol. The van der Waals surface area contributed by atoms with Crippen LogP contribution in [0.15, 0.2) is 48.5 Å². The largest absolute Gasteiger partial charge is 0.449 e. The number of nitrogens with zero attached hydrogens (tertiary/aromatic N) is 1. The van der Waals surface area contributed by atoms with Gasteiger partial charge in [0.25, 0.3) is 0 Å². The zero-order valence-corrected chi connectivity index (χ0v) is 17.0. The Morgan fingerprint density at radius 2 is 1.96 bits per heavy atom. The molecule has 2 heterocycles. The summed E-state index contributed by atoms with van der Waals surface area (Å²) >= 11 is 0. The van der Waals surface area contributed by atoms with Crippen molar-refractivity contribution in [3.8, 4) is 0 Å². The van der Waals surface area contributed by atoms with E-state index in [2.05, 4.69) is 12.1 Å². The zero-order chi connectivity index (χ0) is 19.2. The maximum atomic E-state index is 12.3. The third-order valence-corrected chi connectivity index (χ3v) is 6.30. The summed E-state index contributed by atoms with van der Waals surface area (Å²) in [6, 6.07) is 15.8. The predicted octanol–water partition coefficient (Wildman–Crippen LogP) is 2.94. The molecule has 150 valence electrons. The van der Waals surface area contributed by atoms with Gasteiger partial charge in [0.2, 0.25) is 0 Å². The fourth-order valence-corrected chi connectivity index (χ4v) is 4.56. The Morgan fingerprint density at radius 1 is 1.25 bits per heavy atom. The molecule has 0 saturated carbocycles. The maximum absolute atomic E-state index is 12.3. The van der Waals surface area contributed by atoms with Crippen LogP contribution < -0.4 is 5.73 Å². The van der Waals surface area contributed by atoms with E-state index in [9.17, 15) is 9.90 Å². The highest BCUT2D eigenvalue weighted by molar-refractivity contribution is 5.94. The van der Waals surface area contributed by atoms with Gasteiger partial charge in [-0.3, -0.25) is 4.90 Å². The summed E-state index contributed by atoms with van der Waals surface area (Å²) in [5.74, 6) is -0.369. The molecule has 6 heteroatoms. The van der Waals surface area contributed by atoms with Gasteiger partial charge in [0.15, 0.2) is 11.8 Å². The minimum atomic E-state index is -1.31. The molecule has 3 atom stereocenters. The Labute approximate surface area is 171 Å². The first kappa shape index (κ1) is 20.8. The number of nitrogens with two attached hydrogens (primary N) is 1. The molecule has 0 aromatic heterocycles. The Morgan fingerprint density at radius 3 is 2.64 bits per heavy atom. The summed E-state index contributed by atoms with van der Waals surface area (Å²) in [5, 5.41) is 11.5. The van der Waals surface area contributed by atoms with E-state index in [1.165, 1.54) is 5.56 Å². The third-order valence-electron chi connectivity index (χ3n) is 6.30. The van der Waals surface area contributed by atoms with Gasteiger partial charge >= 0.3 is 5.97 Å². The molecule has 2 aromatic carbocycles. The number of halogens is 1. The molecule has 2 aromatic rings. The van der Waals surface area contributed by atoms with E-state index in [0.717, 1.165) is 17.5 Å². The molecule has 2 aliphatic heterocycles. The zero-order valence-electron chi connectivity index (χ0n) is 16.2. The Hall–Kier alpha value is -1.92. The number of likely N-dealkylation sites (tertiary alicyclic amines) is 1. The number of benzene rings is 2. The van der Waals surface area contributed by atoms with Crippen LogP contribution in [0, 0.1) is 6.92 Å². The summed E-state index contributed by atoms with van der Waals surface area (Å²) in [4.78, 5) is 14.3. The van der Waals surface area contributed by atoms with Crippen LogP contribution in [0.4, 0.5) is 0 Å². The first-order valence-corrected chi connectivity index (χ1v) is 9.42. The molecule has 2 aliphatic rings. The van der Waals surface area contributed by atoms with Crippen molar-refractivity contribution in [1.82, 2.24) is 4.90 Å². The second-order valence-electron chi connectivity index (χ2n) is 7.94. The molecule has 1 saturated heterocycles. The highest BCUT2D eigenvalue weighted by atomic mass is 35.5. The number of fused-ring (bicyclic) bond motifs is 1. The van der Waals surface area contributed by atoms with Gasteiger partial charge in [0, 0.05) is 30.6 Å². The number of hydrogen-bond acceptors (Lipinski definition) is 5. The summed E-state index contributed by atoms with van der Waals surface area (Å²) in [6.07, 6.45) is 0.149. The molecule has 0 amide bonds. The lowest BCUT2D eigenvalue weighted by molar-refractivity contribution is -0.161. The van der Waals surface area contributed by atoms with Crippen LogP contribution in [0.3, 0.4) is 0 Å². The van der Waals surface area contributed by atoms with E-state index in [1.807, 2.05) is 42.2 Å². The number of aryl methyl sites for hydroxylation is 1. The lowest BCUT2D eigenvalue weighted by Gasteiger charge is -2.39. The van der Waals surface area contributed by atoms with Gasteiger partial charge < -0.3 is 15.6 Å². The minimum Gasteiger partial charge on any atom is -0.449 e. The molecule has 0 bridgehead atoms. The van der Waals surface area contributed by atoms with Crippen molar-refractivity contribution >= 4 is 18.4 Å². The summed E-state index contributed by atoms with van der Waals surface area (Å²) in [6.45, 7) is 5.50. The summed E-state index contributed by atoms with van der Waals surface area (Å²) < 4.78 is 5.64. The van der Waals surface area contributed by atoms with Gasteiger partial charge in [-0.15, -0.1) is 12.4 Å². The second-order valence-corrected chi connectivity index (χ2v) is 7.94. The molecule has 28 heavy (non-hydrogen) atoms. The van der Waals surface area contributed by atoms with Crippen LogP contribution in [0.1, 0.15) is 46.5 Å². The van der Waals surface area contributed by atoms with Crippen LogP contribution in [-0.2, 0) is 10.2 Å². The first-order chi connectivity index (χ1) is 12.9. The van der Waals surface area contributed by atoms with Crippen molar-refractivity contribution in [1.29, 1.82) is 0 Å². The van der Waals surface area contributed by atoms with E-state index in [1.54, 1.807) is 13.0 Å². The SMILES string of the molecule is Cc1cccc2c1C(C(C)(O)N1CCC(CN)(c3ccccc3)C1)OC2=O.Cl. The van der Waals surface area contributed by atoms with Crippen molar-refractivity contribution < 1.29 is 14.6 Å². The molecule has 3 unspecified atom stereocenters. The molecule has 1 fully saturated rings. The fraction of sp³-hybridized carbons (Fsp3) is 0.409. The fourth-order valence-electron chi connectivity index (χ4n) is 4.56. The average Bonchev–Trinajstić information content (AvgIpc) is 3.27. The Bertz CT molecular complexity index is 871. The van der Waals surface area contributed by atoms with Crippen molar-refractivity contribution in [2.75, 3.05) is 19.6 Å². The molecule has 4 rings (SSSR count). The third kappa shape index (κ3) is 3.12. The van der Waals surface area contributed by atoms with Crippen LogP contribution in [-0.4, -0.2) is 41.3 Å². The number of rotatable bonds is 4. The topological polar surface area (TPSA) is 75.8 Å². The van der Waals surface area contributed by atoms with E-state index >= 15 is 0 Å². The van der Waals surface area contributed by atoms with E-state index < -0.39 is 11.8 Å². The molecular formula is C22H27ClN2O3. The normalized spacial score (nSPS) is 26.3. The second kappa shape index (κ2) is 7.48. The van der Waals surface area contributed by atoms with Gasteiger partial charge in [0.1, 0.15) is 0 Å². The van der Waals surface area contributed by atoms with E-state index in [4.69, 9.17) is 10.5 Å². The van der Waals surface area contributed by atoms with Crippen LogP contribution in [0.5, 0.6) is 0 Å². The molecule has 0 aliphatic carbocycles. The number of carbonyl (C=O) groups is 1. The predicted molar refractivity (Wildman–Crippen MR) is 111 cm³/mol. The van der Waals surface area contributed by atoms with Crippen molar-refractivity contribution in [2.24, 2.45) is 5.73 Å². The van der Waals surface area contributed by atoms with Crippen molar-refractivity contribution in [2.45, 2.75) is 37.5 Å². The van der Waals surface area contributed by atoms with E-state index in [-0.39, 0.29) is 23.8 Å². The smallest absolute Gasteiger partial charge is 0.339 e. The molecule has 3 N–H and O–H groups in total. The van der Waals surface area contributed by atoms with Gasteiger partial charge in [-0.05, 0) is 37.5 Å². The number of hydrogen-bond donors (Lipinski definition) is 2. The maximum Gasteiger partial charge on any atom is 0.339 e. The number of esters is 1. The number of carbonyl (C=O) groups excluding carboxylic acids is 1. The molecule has 0 spiro atoms. The average molecular weight is 403 g/mol. The van der Waals surface area contributed by atoms with Gasteiger partial charge in [-0.2, -0.15) is 0 Å². The number of cyclic esters (lactones) is 1. The standard InChI is InChI=1S/C22H26N2O3.ClH/c1-15-7-6-10-17-18(15)19(27-20(17)25)21(2,26)24-12-11-22(13-23,14-24)16-8-4-3-5-9-16;/h3-10,19,26H,11-14,23H2,1-2H3;1H. The molecule has 5 nitrogen and oxygen atoms in total. The minimum absolute atomic E-state index is 0. The van der Waals surface area contributed by atoms with Crippen molar-refractivity contribution in [3.05, 3.63) is 70.8 Å².